The van der Waals surface area contributed by atoms with E-state index in [1.54, 1.807) is 0 Å². The van der Waals surface area contributed by atoms with Crippen LogP contribution in [0, 0.1) is 0 Å². The third-order valence-corrected chi connectivity index (χ3v) is 3.98. The molecule has 0 aliphatic heterocycles. The van der Waals surface area contributed by atoms with Gasteiger partial charge in [0, 0.05) is 15.5 Å². The van der Waals surface area contributed by atoms with Crippen molar-refractivity contribution in [1.82, 2.24) is 5.32 Å². The summed E-state index contributed by atoms with van der Waals surface area (Å²) in [6, 6.07) is 3.23. The second-order valence-electron chi connectivity index (χ2n) is 4.37. The molecule has 0 unspecified atom stereocenters. The van der Waals surface area contributed by atoms with Crippen molar-refractivity contribution in [3.8, 4) is 0 Å². The van der Waals surface area contributed by atoms with E-state index in [1.165, 1.54) is 0 Å². The fraction of sp³-hybridized carbons (Fsp3) is 0.462. The minimum Gasteiger partial charge on any atom is -0.480 e. The van der Waals surface area contributed by atoms with Gasteiger partial charge in [-0.3, -0.25) is 4.79 Å². The molecule has 0 radical (unpaired) electrons. The lowest BCUT2D eigenvalue weighted by molar-refractivity contribution is -0.139. The van der Waals surface area contributed by atoms with Crippen LogP contribution in [-0.4, -0.2) is 17.1 Å². The van der Waals surface area contributed by atoms with Gasteiger partial charge in [-0.05, 0) is 40.0 Å². The minimum atomic E-state index is -0.818. The van der Waals surface area contributed by atoms with Crippen LogP contribution in [0.2, 0.25) is 0 Å². The van der Waals surface area contributed by atoms with E-state index in [-0.39, 0.29) is 0 Å². The second kappa shape index (κ2) is 7.87. The lowest BCUT2D eigenvalue weighted by Crippen LogP contribution is -2.36. The number of anilines is 1. The third kappa shape index (κ3) is 5.12. The maximum atomic E-state index is 11.1. The van der Waals surface area contributed by atoms with Gasteiger partial charge in [-0.2, -0.15) is 0 Å². The number of benzene rings is 1. The summed E-state index contributed by atoms with van der Waals surface area (Å²) >= 11 is 6.77. The molecule has 0 bridgehead atoms. The van der Waals surface area contributed by atoms with Crippen molar-refractivity contribution in [1.29, 1.82) is 0 Å². The fourth-order valence-electron chi connectivity index (χ4n) is 1.74. The summed E-state index contributed by atoms with van der Waals surface area (Å²) in [4.78, 5) is 11.1. The fourth-order valence-corrected chi connectivity index (χ4v) is 3.05. The molecule has 0 aliphatic rings. The number of rotatable bonds is 7. The van der Waals surface area contributed by atoms with E-state index in [4.69, 9.17) is 10.8 Å². The Balaban J connectivity index is 2.71. The molecule has 0 aromatic heterocycles. The molecule has 0 fully saturated rings. The summed E-state index contributed by atoms with van der Waals surface area (Å²) in [6.07, 6.45) is 2.50. The van der Waals surface area contributed by atoms with E-state index in [2.05, 4.69) is 37.2 Å². The molecule has 4 N–H and O–H groups in total. The van der Waals surface area contributed by atoms with Crippen molar-refractivity contribution in [2.24, 2.45) is 0 Å². The van der Waals surface area contributed by atoms with Gasteiger partial charge >= 0.3 is 5.97 Å². The number of halogens is 2. The van der Waals surface area contributed by atoms with Crippen molar-refractivity contribution >= 4 is 43.5 Å². The van der Waals surface area contributed by atoms with E-state index < -0.39 is 12.0 Å². The van der Waals surface area contributed by atoms with Crippen LogP contribution in [0.3, 0.4) is 0 Å². The van der Waals surface area contributed by atoms with E-state index in [0.717, 1.165) is 27.4 Å². The van der Waals surface area contributed by atoms with Crippen molar-refractivity contribution in [2.45, 2.75) is 38.8 Å². The minimum absolute atomic E-state index is 0.435. The molecule has 106 valence electrons. The Bertz CT molecular complexity index is 453. The first-order chi connectivity index (χ1) is 8.95. The number of carboxylic acid groups (broad SMARTS) is 1. The first-order valence-corrected chi connectivity index (χ1v) is 7.73. The number of hydrogen-bond acceptors (Lipinski definition) is 3. The number of unbranched alkanes of at least 4 members (excludes halogenated alkanes) is 1. The van der Waals surface area contributed by atoms with Gasteiger partial charge in [-0.1, -0.05) is 35.7 Å². The van der Waals surface area contributed by atoms with Crippen LogP contribution in [-0.2, 0) is 11.3 Å². The molecule has 0 saturated heterocycles. The molecular formula is C13H18Br2N2O2. The zero-order valence-corrected chi connectivity index (χ0v) is 13.9. The summed E-state index contributed by atoms with van der Waals surface area (Å²) < 4.78 is 1.71. The summed E-state index contributed by atoms with van der Waals surface area (Å²) in [5, 5.41) is 12.2. The first-order valence-electron chi connectivity index (χ1n) is 6.15. The van der Waals surface area contributed by atoms with Gasteiger partial charge in [0.2, 0.25) is 0 Å². The molecular weight excluding hydrogens is 376 g/mol. The second-order valence-corrected chi connectivity index (χ2v) is 6.14. The number of nitrogens with one attached hydrogen (secondary N) is 1. The zero-order valence-electron chi connectivity index (χ0n) is 10.7. The van der Waals surface area contributed by atoms with Crippen LogP contribution in [0.1, 0.15) is 31.7 Å². The van der Waals surface area contributed by atoms with E-state index in [0.29, 0.717) is 18.7 Å². The Morgan fingerprint density at radius 2 is 2.16 bits per heavy atom. The Labute approximate surface area is 130 Å². The van der Waals surface area contributed by atoms with Gasteiger partial charge in [0.25, 0.3) is 0 Å². The Kier molecular flexibility index (Phi) is 6.82. The molecule has 1 rings (SSSR count). The SMILES string of the molecule is CCCC[C@H](NCc1cc(Br)cc(Br)c1N)C(=O)O. The summed E-state index contributed by atoms with van der Waals surface area (Å²) in [5.41, 5.74) is 7.47. The number of nitrogens with two attached hydrogens (primary N) is 1. The largest absolute Gasteiger partial charge is 0.480 e. The first kappa shape index (κ1) is 16.5. The highest BCUT2D eigenvalue weighted by Crippen LogP contribution is 2.28. The van der Waals surface area contributed by atoms with Gasteiger partial charge in [0.15, 0.2) is 0 Å². The van der Waals surface area contributed by atoms with Crippen molar-refractivity contribution in [2.75, 3.05) is 5.73 Å². The molecule has 0 spiro atoms. The van der Waals surface area contributed by atoms with Gasteiger partial charge < -0.3 is 16.2 Å². The molecule has 0 saturated carbocycles. The average molecular weight is 394 g/mol. The third-order valence-electron chi connectivity index (χ3n) is 2.86. The summed E-state index contributed by atoms with van der Waals surface area (Å²) in [6.45, 7) is 2.48. The predicted molar refractivity (Wildman–Crippen MR) is 84.0 cm³/mol. The molecule has 6 heteroatoms. The highest BCUT2D eigenvalue weighted by Gasteiger charge is 2.16. The Morgan fingerprint density at radius 1 is 1.47 bits per heavy atom. The monoisotopic (exact) mass is 392 g/mol. The average Bonchev–Trinajstić information content (AvgIpc) is 2.34. The van der Waals surface area contributed by atoms with Crippen LogP contribution < -0.4 is 11.1 Å². The van der Waals surface area contributed by atoms with Gasteiger partial charge in [-0.15, -0.1) is 0 Å². The van der Waals surface area contributed by atoms with Crippen molar-refractivity contribution in [3.63, 3.8) is 0 Å². The lowest BCUT2D eigenvalue weighted by Gasteiger charge is -2.15. The highest BCUT2D eigenvalue weighted by molar-refractivity contribution is 9.11. The van der Waals surface area contributed by atoms with Crippen molar-refractivity contribution in [3.05, 3.63) is 26.6 Å². The lowest BCUT2D eigenvalue weighted by atomic mass is 10.1. The zero-order chi connectivity index (χ0) is 14.4. The number of hydrogen-bond donors (Lipinski definition) is 3. The normalized spacial score (nSPS) is 12.4. The highest BCUT2D eigenvalue weighted by atomic mass is 79.9. The van der Waals surface area contributed by atoms with Gasteiger partial charge in [0.05, 0.1) is 5.69 Å². The molecule has 1 aromatic carbocycles. The molecule has 4 nitrogen and oxygen atoms in total. The van der Waals surface area contributed by atoms with Crippen LogP contribution in [0.5, 0.6) is 0 Å². The number of aliphatic carboxylic acids is 1. The van der Waals surface area contributed by atoms with E-state index in [9.17, 15) is 4.79 Å². The molecule has 1 aromatic rings. The summed E-state index contributed by atoms with van der Waals surface area (Å²) in [5.74, 6) is -0.818. The summed E-state index contributed by atoms with van der Waals surface area (Å²) in [7, 11) is 0. The molecule has 0 aliphatic carbocycles. The predicted octanol–water partition coefficient (Wildman–Crippen LogP) is 3.53. The Hall–Kier alpha value is -0.590. The number of carboxylic acids is 1. The van der Waals surface area contributed by atoms with Crippen LogP contribution in [0.4, 0.5) is 5.69 Å². The van der Waals surface area contributed by atoms with E-state index in [1.807, 2.05) is 19.1 Å². The topological polar surface area (TPSA) is 75.3 Å². The van der Waals surface area contributed by atoms with Crippen LogP contribution >= 0.6 is 31.9 Å². The quantitative estimate of drug-likeness (QED) is 0.619. The Morgan fingerprint density at radius 3 is 2.74 bits per heavy atom. The van der Waals surface area contributed by atoms with E-state index >= 15 is 0 Å². The smallest absolute Gasteiger partial charge is 0.320 e. The van der Waals surface area contributed by atoms with Crippen molar-refractivity contribution < 1.29 is 9.90 Å². The van der Waals surface area contributed by atoms with Crippen LogP contribution in [0.25, 0.3) is 0 Å². The standard InChI is InChI=1S/C13H18Br2N2O2/c1-2-3-4-11(13(18)19)17-7-8-5-9(14)6-10(15)12(8)16/h5-6,11,17H,2-4,7,16H2,1H3,(H,18,19)/t11-/m0/s1. The molecule has 19 heavy (non-hydrogen) atoms. The maximum Gasteiger partial charge on any atom is 0.320 e. The maximum absolute atomic E-state index is 11.1. The molecule has 1 atom stereocenters. The van der Waals surface area contributed by atoms with Gasteiger partial charge in [0.1, 0.15) is 6.04 Å². The number of carbonyl (C=O) groups is 1. The molecule has 0 amide bonds. The van der Waals surface area contributed by atoms with Gasteiger partial charge in [-0.25, -0.2) is 0 Å². The number of nitrogen functional groups attached to an aromatic ring is 1. The molecule has 0 heterocycles. The van der Waals surface area contributed by atoms with Crippen LogP contribution in [0.15, 0.2) is 21.1 Å².